The maximum atomic E-state index is 2.40. The smallest absolute Gasteiger partial charge is 0.0546 e. The number of nitrogens with zero attached hydrogens (tertiary/aromatic N) is 2. The largest absolute Gasteiger partial charge is 0.311 e. The zero-order valence-corrected chi connectivity index (χ0v) is 32.0. The number of rotatable bonds is 9. The number of fused-ring (bicyclic) bond motifs is 4. The third kappa shape index (κ3) is 6.89. The molecule has 0 heterocycles. The molecule has 0 saturated carbocycles. The van der Waals surface area contributed by atoms with Gasteiger partial charge in [0.05, 0.1) is 5.69 Å². The molecule has 0 unspecified atom stereocenters. The van der Waals surface area contributed by atoms with Crippen LogP contribution in [0.4, 0.5) is 34.1 Å². The normalized spacial score (nSPS) is 11.4. The molecule has 0 atom stereocenters. The Kier molecular flexibility index (Phi) is 9.27. The van der Waals surface area contributed by atoms with Crippen molar-refractivity contribution in [1.82, 2.24) is 0 Å². The van der Waals surface area contributed by atoms with Crippen LogP contribution in [0.25, 0.3) is 55.6 Å². The lowest BCUT2D eigenvalue weighted by atomic mass is 9.98. The van der Waals surface area contributed by atoms with E-state index in [0.29, 0.717) is 0 Å². The summed E-state index contributed by atoms with van der Waals surface area (Å²) in [5, 5.41) is 7.41. The predicted octanol–water partition coefficient (Wildman–Crippen LogP) is 15.9. The first-order chi connectivity index (χ1) is 28.7. The molecule has 0 bridgehead atoms. The molecule has 10 aromatic rings. The third-order valence-electron chi connectivity index (χ3n) is 11.0. The molecule has 0 radical (unpaired) electrons. The molecule has 0 amide bonds. The Balaban J connectivity index is 0.924. The van der Waals surface area contributed by atoms with Crippen LogP contribution in [-0.4, -0.2) is 0 Å². The Labute approximate surface area is 339 Å². The fourth-order valence-electron chi connectivity index (χ4n) is 8.08. The monoisotopic (exact) mass is 740 g/mol. The highest BCUT2D eigenvalue weighted by Gasteiger charge is 2.18. The van der Waals surface area contributed by atoms with Crippen LogP contribution in [0.15, 0.2) is 231 Å². The standard InChI is InChI=1S/C56H40N2/c1-3-16-48(17-4-1)57(49-18-5-2-6-19-49)50-36-31-45(32-37-50)44-29-25-41(26-30-44)23-24-42-27-34-51(35-28-42)58(52-38-33-43-13-7-8-14-46(43)39-52)56-40-47-15-9-10-20-53(47)54-21-11-12-22-55(54)56/h1-40H/b24-23+. The molecule has 58 heavy (non-hydrogen) atoms. The van der Waals surface area contributed by atoms with Crippen LogP contribution >= 0.6 is 0 Å². The molecule has 0 fully saturated rings. The molecule has 0 aliphatic heterocycles. The number of hydrogen-bond acceptors (Lipinski definition) is 2. The SMILES string of the molecule is C(=C\c1ccc(N(c2ccc3ccccc3c2)c2cc3ccccc3c3ccccc23)cc1)/c1ccc(-c2ccc(N(c3ccccc3)c3ccccc3)cc2)cc1. The van der Waals surface area contributed by atoms with Gasteiger partial charge in [-0.2, -0.15) is 0 Å². The Morgan fingerprint density at radius 3 is 1.33 bits per heavy atom. The van der Waals surface area contributed by atoms with Crippen molar-refractivity contribution in [3.05, 3.63) is 242 Å². The Bertz CT molecular complexity index is 2980. The Morgan fingerprint density at radius 1 is 0.259 bits per heavy atom. The average molecular weight is 741 g/mol. The van der Waals surface area contributed by atoms with Crippen LogP contribution in [0, 0.1) is 0 Å². The summed E-state index contributed by atoms with van der Waals surface area (Å²) in [6.45, 7) is 0. The summed E-state index contributed by atoms with van der Waals surface area (Å²) >= 11 is 0. The summed E-state index contributed by atoms with van der Waals surface area (Å²) in [6.07, 6.45) is 4.39. The van der Waals surface area contributed by atoms with Gasteiger partial charge in [-0.15, -0.1) is 0 Å². The van der Waals surface area contributed by atoms with Crippen LogP contribution in [0.1, 0.15) is 11.1 Å². The molecule has 274 valence electrons. The highest BCUT2D eigenvalue weighted by Crippen LogP contribution is 2.43. The molecule has 10 aromatic carbocycles. The maximum absolute atomic E-state index is 2.40. The molecule has 0 aliphatic rings. The van der Waals surface area contributed by atoms with E-state index in [1.165, 1.54) is 43.4 Å². The second-order valence-electron chi connectivity index (χ2n) is 14.6. The molecule has 2 nitrogen and oxygen atoms in total. The summed E-state index contributed by atoms with van der Waals surface area (Å²) in [7, 11) is 0. The molecule has 2 heteroatoms. The van der Waals surface area contributed by atoms with Gasteiger partial charge in [-0.25, -0.2) is 0 Å². The van der Waals surface area contributed by atoms with Crippen molar-refractivity contribution >= 4 is 78.6 Å². The van der Waals surface area contributed by atoms with Crippen molar-refractivity contribution in [1.29, 1.82) is 0 Å². The fraction of sp³-hybridized carbons (Fsp3) is 0. The predicted molar refractivity (Wildman–Crippen MR) is 249 cm³/mol. The van der Waals surface area contributed by atoms with Gasteiger partial charge in [0, 0.05) is 33.8 Å². The molecule has 10 rings (SSSR count). The zero-order valence-electron chi connectivity index (χ0n) is 32.0. The van der Waals surface area contributed by atoms with E-state index in [2.05, 4.69) is 252 Å². The summed E-state index contributed by atoms with van der Waals surface area (Å²) in [6, 6.07) is 82.7. The highest BCUT2D eigenvalue weighted by atomic mass is 15.1. The lowest BCUT2D eigenvalue weighted by Crippen LogP contribution is -2.10. The van der Waals surface area contributed by atoms with Gasteiger partial charge in [0.15, 0.2) is 0 Å². The topological polar surface area (TPSA) is 6.48 Å². The van der Waals surface area contributed by atoms with E-state index in [9.17, 15) is 0 Å². The van der Waals surface area contributed by atoms with Gasteiger partial charge >= 0.3 is 0 Å². The van der Waals surface area contributed by atoms with E-state index >= 15 is 0 Å². The molecule has 0 saturated heterocycles. The van der Waals surface area contributed by atoms with Gasteiger partial charge in [-0.3, -0.25) is 0 Å². The molecule has 0 aliphatic carbocycles. The lowest BCUT2D eigenvalue weighted by molar-refractivity contribution is 1.28. The Morgan fingerprint density at radius 2 is 0.690 bits per heavy atom. The number of anilines is 6. The number of para-hydroxylation sites is 2. The van der Waals surface area contributed by atoms with Crippen molar-refractivity contribution in [2.45, 2.75) is 0 Å². The molecule has 0 N–H and O–H groups in total. The van der Waals surface area contributed by atoms with E-state index in [-0.39, 0.29) is 0 Å². The first-order valence-corrected chi connectivity index (χ1v) is 19.8. The van der Waals surface area contributed by atoms with Crippen molar-refractivity contribution in [2.24, 2.45) is 0 Å². The van der Waals surface area contributed by atoms with Crippen molar-refractivity contribution in [3.63, 3.8) is 0 Å². The van der Waals surface area contributed by atoms with Crippen LogP contribution in [0.3, 0.4) is 0 Å². The minimum atomic E-state index is 1.11. The van der Waals surface area contributed by atoms with E-state index < -0.39 is 0 Å². The van der Waals surface area contributed by atoms with E-state index in [4.69, 9.17) is 0 Å². The van der Waals surface area contributed by atoms with Crippen molar-refractivity contribution in [3.8, 4) is 11.1 Å². The first-order valence-electron chi connectivity index (χ1n) is 19.8. The molecule has 0 aromatic heterocycles. The zero-order chi connectivity index (χ0) is 38.7. The second kappa shape index (κ2) is 15.5. The van der Waals surface area contributed by atoms with Gasteiger partial charge in [0.1, 0.15) is 0 Å². The van der Waals surface area contributed by atoms with Crippen LogP contribution in [0.5, 0.6) is 0 Å². The number of hydrogen-bond donors (Lipinski definition) is 0. The van der Waals surface area contributed by atoms with Gasteiger partial charge in [0.2, 0.25) is 0 Å². The number of benzene rings is 10. The summed E-state index contributed by atoms with van der Waals surface area (Å²) in [5.74, 6) is 0. The Hall–Kier alpha value is -7.68. The summed E-state index contributed by atoms with van der Waals surface area (Å²) < 4.78 is 0. The van der Waals surface area contributed by atoms with Crippen molar-refractivity contribution in [2.75, 3.05) is 9.80 Å². The van der Waals surface area contributed by atoms with E-state index in [1.54, 1.807) is 0 Å². The quantitative estimate of drug-likeness (QED) is 0.107. The lowest BCUT2D eigenvalue weighted by Gasteiger charge is -2.28. The van der Waals surface area contributed by atoms with Crippen LogP contribution < -0.4 is 9.80 Å². The maximum Gasteiger partial charge on any atom is 0.0546 e. The van der Waals surface area contributed by atoms with E-state index in [0.717, 1.165) is 45.3 Å². The van der Waals surface area contributed by atoms with Crippen LogP contribution in [0.2, 0.25) is 0 Å². The minimum absolute atomic E-state index is 1.11. The van der Waals surface area contributed by atoms with Gasteiger partial charge in [-0.05, 0) is 116 Å². The molecule has 0 spiro atoms. The summed E-state index contributed by atoms with van der Waals surface area (Å²) in [4.78, 5) is 4.69. The molecular formula is C56H40N2. The molecular weight excluding hydrogens is 701 g/mol. The average Bonchev–Trinajstić information content (AvgIpc) is 3.30. The highest BCUT2D eigenvalue weighted by molar-refractivity contribution is 6.14. The first kappa shape index (κ1) is 34.8. The van der Waals surface area contributed by atoms with Crippen molar-refractivity contribution < 1.29 is 0 Å². The van der Waals surface area contributed by atoms with Crippen LogP contribution in [-0.2, 0) is 0 Å². The van der Waals surface area contributed by atoms with Gasteiger partial charge in [-0.1, -0.05) is 176 Å². The van der Waals surface area contributed by atoms with E-state index in [1.807, 2.05) is 0 Å². The van der Waals surface area contributed by atoms with Gasteiger partial charge < -0.3 is 9.80 Å². The fourth-order valence-corrected chi connectivity index (χ4v) is 8.08. The summed E-state index contributed by atoms with van der Waals surface area (Å²) in [5.41, 5.74) is 11.5. The van der Waals surface area contributed by atoms with Gasteiger partial charge in [0.25, 0.3) is 0 Å². The minimum Gasteiger partial charge on any atom is -0.311 e. The second-order valence-corrected chi connectivity index (χ2v) is 14.6. The third-order valence-corrected chi connectivity index (χ3v) is 11.0.